The van der Waals surface area contributed by atoms with Gasteiger partial charge in [-0.15, -0.1) is 45.3 Å². The van der Waals surface area contributed by atoms with Gasteiger partial charge in [-0.3, -0.25) is 4.79 Å². The summed E-state index contributed by atoms with van der Waals surface area (Å²) >= 11 is 10.8. The van der Waals surface area contributed by atoms with Crippen LogP contribution in [0, 0.1) is 6.92 Å². The lowest BCUT2D eigenvalue weighted by atomic mass is 10.1. The van der Waals surface area contributed by atoms with Crippen LogP contribution in [0.1, 0.15) is 22.9 Å². The Morgan fingerprint density at radius 2 is 1.40 bits per heavy atom. The van der Waals surface area contributed by atoms with E-state index in [0.29, 0.717) is 6.42 Å². The Hall–Kier alpha value is -2.49. The number of aryl methyl sites for hydroxylation is 2. The molecular formula is C24H19BrO6S4. The number of carbonyl (C=O) groups excluding carboxylic acids is 5. The van der Waals surface area contributed by atoms with Crippen LogP contribution >= 0.6 is 61.3 Å². The smallest absolute Gasteiger partial charge is 0.373 e. The Balaban J connectivity index is 0.000000655. The molecule has 0 unspecified atom stereocenters. The fourth-order valence-corrected chi connectivity index (χ4v) is 8.30. The van der Waals surface area contributed by atoms with Crippen molar-refractivity contribution in [1.82, 2.24) is 0 Å². The van der Waals surface area contributed by atoms with E-state index in [1.54, 1.807) is 22.7 Å². The highest BCUT2D eigenvalue weighted by molar-refractivity contribution is 9.11. The molecule has 0 saturated heterocycles. The minimum absolute atomic E-state index is 0.212. The number of hydrogen-bond acceptors (Lipinski definition) is 10. The predicted octanol–water partition coefficient (Wildman–Crippen LogP) is 7.12. The van der Waals surface area contributed by atoms with Gasteiger partial charge >= 0.3 is 18.3 Å². The second kappa shape index (κ2) is 14.2. The van der Waals surface area contributed by atoms with Gasteiger partial charge in [0.05, 0.1) is 17.3 Å². The molecule has 0 bridgehead atoms. The van der Waals surface area contributed by atoms with Crippen molar-refractivity contribution in [2.24, 2.45) is 0 Å². The molecule has 4 aromatic rings. The maximum Gasteiger partial charge on any atom is 0.373 e. The number of rotatable bonds is 6. The molecule has 0 aliphatic rings. The zero-order valence-corrected chi connectivity index (χ0v) is 23.7. The lowest BCUT2D eigenvalue weighted by Gasteiger charge is -2.01. The molecule has 182 valence electrons. The summed E-state index contributed by atoms with van der Waals surface area (Å²) < 4.78 is 5.89. The van der Waals surface area contributed by atoms with Gasteiger partial charge in [0.25, 0.3) is 0 Å². The van der Waals surface area contributed by atoms with E-state index < -0.39 is 0 Å². The Morgan fingerprint density at radius 1 is 0.829 bits per heavy atom. The van der Waals surface area contributed by atoms with Gasteiger partial charge in [0.2, 0.25) is 0 Å². The number of methoxy groups -OCH3 is 1. The van der Waals surface area contributed by atoms with Crippen molar-refractivity contribution in [3.8, 4) is 29.3 Å². The third-order valence-corrected chi connectivity index (χ3v) is 10.1. The van der Waals surface area contributed by atoms with Gasteiger partial charge in [0.1, 0.15) is 0 Å². The molecule has 0 spiro atoms. The third kappa shape index (κ3) is 7.75. The molecule has 0 aromatic carbocycles. The largest absolute Gasteiger partial charge is 0.469 e. The highest BCUT2D eigenvalue weighted by Gasteiger charge is 2.18. The van der Waals surface area contributed by atoms with Crippen molar-refractivity contribution in [3.63, 3.8) is 0 Å². The summed E-state index contributed by atoms with van der Waals surface area (Å²) in [7, 11) is 1.43. The van der Waals surface area contributed by atoms with Crippen molar-refractivity contribution >= 4 is 79.5 Å². The summed E-state index contributed by atoms with van der Waals surface area (Å²) in [4.78, 5) is 53.3. The number of halogens is 1. The van der Waals surface area contributed by atoms with Crippen molar-refractivity contribution in [1.29, 1.82) is 0 Å². The van der Waals surface area contributed by atoms with Crippen LogP contribution in [0.25, 0.3) is 29.3 Å². The second-order valence-electron chi connectivity index (χ2n) is 6.72. The molecule has 6 nitrogen and oxygen atoms in total. The van der Waals surface area contributed by atoms with Gasteiger partial charge in [-0.2, -0.15) is 19.2 Å². The van der Waals surface area contributed by atoms with Gasteiger partial charge in [-0.1, -0.05) is 6.92 Å². The first kappa shape index (κ1) is 28.7. The van der Waals surface area contributed by atoms with Crippen molar-refractivity contribution in [2.75, 3.05) is 7.11 Å². The molecule has 0 amide bonds. The molecule has 4 heterocycles. The van der Waals surface area contributed by atoms with Crippen LogP contribution in [0.5, 0.6) is 0 Å². The van der Waals surface area contributed by atoms with Crippen molar-refractivity contribution < 1.29 is 28.7 Å². The van der Waals surface area contributed by atoms with E-state index in [9.17, 15) is 4.79 Å². The first-order valence-corrected chi connectivity index (χ1v) is 14.0. The van der Waals surface area contributed by atoms with Crippen LogP contribution in [0.15, 0.2) is 40.2 Å². The van der Waals surface area contributed by atoms with E-state index in [-0.39, 0.29) is 18.3 Å². The minimum atomic E-state index is -0.212. The zero-order chi connectivity index (χ0) is 26.0. The minimum Gasteiger partial charge on any atom is -0.469 e. The Morgan fingerprint density at radius 3 is 1.91 bits per heavy atom. The van der Waals surface area contributed by atoms with Crippen LogP contribution in [0.4, 0.5) is 0 Å². The van der Waals surface area contributed by atoms with Gasteiger partial charge < -0.3 is 4.74 Å². The number of esters is 1. The number of hydrogen-bond donors (Lipinski definition) is 0. The van der Waals surface area contributed by atoms with Gasteiger partial charge in [-0.05, 0) is 76.8 Å². The molecule has 0 fully saturated rings. The molecular weight excluding hydrogens is 592 g/mol. The summed E-state index contributed by atoms with van der Waals surface area (Å²) in [5.74, 6) is -0.212. The lowest BCUT2D eigenvalue weighted by molar-refractivity contribution is -0.193. The lowest BCUT2D eigenvalue weighted by Crippen LogP contribution is -2.04. The molecule has 4 rings (SSSR count). The molecule has 4 aromatic heterocycles. The first-order chi connectivity index (χ1) is 16.8. The van der Waals surface area contributed by atoms with Gasteiger partial charge in [0, 0.05) is 34.1 Å². The number of carbonyl (C=O) groups is 1. The molecule has 0 aliphatic heterocycles. The Labute approximate surface area is 226 Å². The molecule has 35 heavy (non-hydrogen) atoms. The van der Waals surface area contributed by atoms with E-state index in [1.165, 1.54) is 41.9 Å². The number of thiophene rings is 4. The van der Waals surface area contributed by atoms with Crippen LogP contribution in [0.2, 0.25) is 0 Å². The van der Waals surface area contributed by atoms with Crippen LogP contribution in [-0.2, 0) is 41.6 Å². The molecule has 0 radical (unpaired) electrons. The maximum absolute atomic E-state index is 11.8. The van der Waals surface area contributed by atoms with E-state index in [4.69, 9.17) is 23.9 Å². The van der Waals surface area contributed by atoms with E-state index in [0.717, 1.165) is 20.6 Å². The normalized spacial score (nSPS) is 9.71. The van der Waals surface area contributed by atoms with Gasteiger partial charge in [-0.25, -0.2) is 0 Å². The van der Waals surface area contributed by atoms with Crippen molar-refractivity contribution in [2.45, 2.75) is 26.7 Å². The number of ether oxygens (including phenoxy) is 1. The third-order valence-electron chi connectivity index (χ3n) is 4.57. The van der Waals surface area contributed by atoms with Crippen molar-refractivity contribution in [3.05, 3.63) is 56.2 Å². The predicted molar refractivity (Wildman–Crippen MR) is 142 cm³/mol. The summed E-state index contributed by atoms with van der Waals surface area (Å²) in [6.07, 6.45) is 1.81. The maximum atomic E-state index is 11.8. The van der Waals surface area contributed by atoms with E-state index in [1.807, 2.05) is 28.7 Å². The van der Waals surface area contributed by atoms with Crippen LogP contribution < -0.4 is 0 Å². The molecule has 0 N–H and O–H groups in total. The van der Waals surface area contributed by atoms with Crippen LogP contribution in [-0.4, -0.2) is 25.4 Å². The fourth-order valence-electron chi connectivity index (χ4n) is 3.13. The summed E-state index contributed by atoms with van der Waals surface area (Å²) in [6.45, 7) is 4.37. The molecule has 0 saturated carbocycles. The monoisotopic (exact) mass is 610 g/mol. The summed E-state index contributed by atoms with van der Waals surface area (Å²) in [5.41, 5.74) is 2.41. The average Bonchev–Trinajstić information content (AvgIpc) is 3.60. The fraction of sp³-hybridized carbons (Fsp3) is 0.208. The quantitative estimate of drug-likeness (QED) is 0.216. The second-order valence-corrected chi connectivity index (χ2v) is 12.6. The topological polar surface area (TPSA) is 94.6 Å². The first-order valence-electron chi connectivity index (χ1n) is 9.95. The Kier molecular flexibility index (Phi) is 11.6. The molecule has 0 atom stereocenters. The molecule has 11 heteroatoms. The summed E-state index contributed by atoms with van der Waals surface area (Å²) in [6, 6.07) is 13.2. The highest BCUT2D eigenvalue weighted by Crippen LogP contribution is 2.46. The van der Waals surface area contributed by atoms with Gasteiger partial charge in [0.15, 0.2) is 0 Å². The SMILES string of the molecule is CCc1cc(-c2ccc(C)s2)sc1-c1ccc(-c2sc(Br)cc2CC(=O)OC)s1.O=C=O.O=C=O. The van der Waals surface area contributed by atoms with Crippen LogP contribution in [0.3, 0.4) is 0 Å². The summed E-state index contributed by atoms with van der Waals surface area (Å²) in [5, 5.41) is 0. The average molecular weight is 612 g/mol. The van der Waals surface area contributed by atoms with E-state index in [2.05, 4.69) is 60.1 Å². The van der Waals surface area contributed by atoms with E-state index >= 15 is 0 Å². The highest BCUT2D eigenvalue weighted by atomic mass is 79.9. The Bertz CT molecular complexity index is 1340. The zero-order valence-electron chi connectivity index (χ0n) is 18.8. The molecule has 0 aliphatic carbocycles. The standard InChI is InChI=1S/C22H19BrO2S4.2CO2/c1-4-13-9-18(15-6-5-12(2)26-15)28-21(13)16-7-8-17(27-16)22-14(10-19(23)29-22)11-20(24)25-3;2*2-1-3/h5-10H,4,11H2,1-3H3;;.